The van der Waals surface area contributed by atoms with Gasteiger partial charge in [0.05, 0.1) is 19.1 Å². The number of halogens is 1. The van der Waals surface area contributed by atoms with Gasteiger partial charge >= 0.3 is 0 Å². The van der Waals surface area contributed by atoms with E-state index in [4.69, 9.17) is 16.3 Å². The summed E-state index contributed by atoms with van der Waals surface area (Å²) in [5, 5.41) is 3.22. The van der Waals surface area contributed by atoms with Gasteiger partial charge in [-0.2, -0.15) is 0 Å². The predicted octanol–water partition coefficient (Wildman–Crippen LogP) is 3.76. The van der Waals surface area contributed by atoms with E-state index in [1.807, 2.05) is 25.1 Å². The first-order chi connectivity index (χ1) is 16.5. The van der Waals surface area contributed by atoms with Crippen LogP contribution in [0, 0.1) is 6.92 Å². The molecule has 0 aliphatic rings. The standard InChI is InChI=1S/C25H34ClN3O5S/c1-6-27-25(31)19(3)28(17-20-10-7-11-21(16-20)34-4)24(30)14-9-15-29(35(5,32)33)23-13-8-12-22(26)18(23)2/h7-8,10-13,16,19H,6,9,14-15,17H2,1-5H3,(H,27,31)/t19-/m0/s1. The first-order valence-corrected chi connectivity index (χ1v) is 13.6. The Morgan fingerprint density at radius 2 is 1.86 bits per heavy atom. The Morgan fingerprint density at radius 1 is 1.17 bits per heavy atom. The van der Waals surface area contributed by atoms with Gasteiger partial charge in [0.2, 0.25) is 21.8 Å². The fourth-order valence-corrected chi connectivity index (χ4v) is 4.91. The van der Waals surface area contributed by atoms with Gasteiger partial charge in [-0.3, -0.25) is 13.9 Å². The molecule has 0 unspecified atom stereocenters. The number of nitrogens with one attached hydrogen (secondary N) is 1. The highest BCUT2D eigenvalue weighted by atomic mass is 35.5. The molecule has 0 saturated heterocycles. The quantitative estimate of drug-likeness (QED) is 0.457. The predicted molar refractivity (Wildman–Crippen MR) is 139 cm³/mol. The molecule has 0 saturated carbocycles. The Kier molecular flexibility index (Phi) is 10.4. The Morgan fingerprint density at radius 3 is 2.49 bits per heavy atom. The summed E-state index contributed by atoms with van der Waals surface area (Å²) in [4.78, 5) is 27.3. The molecule has 2 rings (SSSR count). The van der Waals surface area contributed by atoms with Gasteiger partial charge < -0.3 is 15.0 Å². The number of benzene rings is 2. The summed E-state index contributed by atoms with van der Waals surface area (Å²) in [6, 6.07) is 11.7. The SMILES string of the molecule is CCNC(=O)[C@H](C)N(Cc1cccc(OC)c1)C(=O)CCCN(c1cccc(Cl)c1C)S(C)(=O)=O. The summed E-state index contributed by atoms with van der Waals surface area (Å²) in [5.41, 5.74) is 1.95. The zero-order chi connectivity index (χ0) is 26.2. The number of amides is 2. The molecular formula is C25H34ClN3O5S. The highest BCUT2D eigenvalue weighted by Crippen LogP contribution is 2.28. The van der Waals surface area contributed by atoms with Crippen molar-refractivity contribution >= 4 is 39.1 Å². The molecule has 2 aromatic rings. The maximum absolute atomic E-state index is 13.3. The van der Waals surface area contributed by atoms with E-state index in [2.05, 4.69) is 5.32 Å². The second-order valence-electron chi connectivity index (χ2n) is 8.27. The molecule has 0 aromatic heterocycles. The van der Waals surface area contributed by atoms with Gasteiger partial charge in [0.15, 0.2) is 0 Å². The summed E-state index contributed by atoms with van der Waals surface area (Å²) in [7, 11) is -2.03. The lowest BCUT2D eigenvalue weighted by Gasteiger charge is -2.29. The van der Waals surface area contributed by atoms with Crippen LogP contribution in [0.4, 0.5) is 5.69 Å². The minimum Gasteiger partial charge on any atom is -0.497 e. The fourth-order valence-electron chi connectivity index (χ4n) is 3.72. The van der Waals surface area contributed by atoms with Gasteiger partial charge in [-0.05, 0) is 62.6 Å². The molecule has 10 heteroatoms. The largest absolute Gasteiger partial charge is 0.497 e. The molecule has 0 fully saturated rings. The smallest absolute Gasteiger partial charge is 0.242 e. The fraction of sp³-hybridized carbons (Fsp3) is 0.440. The van der Waals surface area contributed by atoms with Crippen LogP contribution in [-0.4, -0.2) is 57.6 Å². The lowest BCUT2D eigenvalue weighted by molar-refractivity contribution is -0.140. The van der Waals surface area contributed by atoms with Crippen LogP contribution in [0.1, 0.15) is 37.8 Å². The summed E-state index contributed by atoms with van der Waals surface area (Å²) < 4.78 is 31.5. The molecule has 0 aliphatic heterocycles. The Balaban J connectivity index is 2.21. The number of carbonyl (C=O) groups is 2. The number of anilines is 1. The third kappa shape index (κ3) is 7.86. The van der Waals surface area contributed by atoms with Crippen LogP contribution in [0.25, 0.3) is 0 Å². The lowest BCUT2D eigenvalue weighted by atomic mass is 10.1. The second kappa shape index (κ2) is 12.8. The molecular weight excluding hydrogens is 490 g/mol. The summed E-state index contributed by atoms with van der Waals surface area (Å²) in [6.07, 6.45) is 1.47. The van der Waals surface area contributed by atoms with Gasteiger partial charge in [0, 0.05) is 31.1 Å². The third-order valence-corrected chi connectivity index (χ3v) is 7.25. The molecule has 1 N–H and O–H groups in total. The molecule has 8 nitrogen and oxygen atoms in total. The minimum absolute atomic E-state index is 0.0688. The average molecular weight is 524 g/mol. The van der Waals surface area contributed by atoms with Crippen molar-refractivity contribution in [2.45, 2.75) is 46.2 Å². The van der Waals surface area contributed by atoms with Crippen LogP contribution >= 0.6 is 11.6 Å². The Bertz CT molecular complexity index is 1140. The molecule has 0 spiro atoms. The topological polar surface area (TPSA) is 96.0 Å². The van der Waals surface area contributed by atoms with E-state index < -0.39 is 16.1 Å². The zero-order valence-corrected chi connectivity index (χ0v) is 22.4. The lowest BCUT2D eigenvalue weighted by Crippen LogP contribution is -2.47. The Hall–Kier alpha value is -2.78. The van der Waals surface area contributed by atoms with Gasteiger partial charge in [0.1, 0.15) is 11.8 Å². The van der Waals surface area contributed by atoms with Crippen molar-refractivity contribution in [2.75, 3.05) is 30.8 Å². The molecule has 2 amide bonds. The summed E-state index contributed by atoms with van der Waals surface area (Å²) in [6.45, 7) is 6.03. The van der Waals surface area contributed by atoms with E-state index in [1.54, 1.807) is 45.2 Å². The van der Waals surface area contributed by atoms with E-state index in [1.165, 1.54) is 9.21 Å². The average Bonchev–Trinajstić information content (AvgIpc) is 2.81. The number of rotatable bonds is 12. The summed E-state index contributed by atoms with van der Waals surface area (Å²) >= 11 is 6.19. The molecule has 0 heterocycles. The third-order valence-electron chi connectivity index (χ3n) is 5.67. The number of methoxy groups -OCH3 is 1. The molecule has 0 bridgehead atoms. The number of ether oxygens (including phenoxy) is 1. The monoisotopic (exact) mass is 523 g/mol. The molecule has 35 heavy (non-hydrogen) atoms. The van der Waals surface area contributed by atoms with Gasteiger partial charge in [-0.15, -0.1) is 0 Å². The molecule has 192 valence electrons. The van der Waals surface area contributed by atoms with E-state index in [9.17, 15) is 18.0 Å². The van der Waals surface area contributed by atoms with Gasteiger partial charge in [-0.25, -0.2) is 8.42 Å². The number of carbonyl (C=O) groups excluding carboxylic acids is 2. The van der Waals surface area contributed by atoms with Crippen molar-refractivity contribution in [3.8, 4) is 5.75 Å². The number of nitrogens with zero attached hydrogens (tertiary/aromatic N) is 2. The molecule has 1 atom stereocenters. The van der Waals surface area contributed by atoms with Crippen molar-refractivity contribution in [1.29, 1.82) is 0 Å². The van der Waals surface area contributed by atoms with Crippen molar-refractivity contribution in [2.24, 2.45) is 0 Å². The van der Waals surface area contributed by atoms with Crippen molar-refractivity contribution in [3.05, 3.63) is 58.6 Å². The van der Waals surface area contributed by atoms with E-state index >= 15 is 0 Å². The molecule has 2 aromatic carbocycles. The highest BCUT2D eigenvalue weighted by molar-refractivity contribution is 7.92. The van der Waals surface area contributed by atoms with Crippen LogP contribution in [0.2, 0.25) is 5.02 Å². The minimum atomic E-state index is -3.60. The van der Waals surface area contributed by atoms with E-state index in [-0.39, 0.29) is 37.7 Å². The van der Waals surface area contributed by atoms with Crippen LogP contribution in [-0.2, 0) is 26.2 Å². The second-order valence-corrected chi connectivity index (χ2v) is 10.6. The first kappa shape index (κ1) is 28.5. The van der Waals surface area contributed by atoms with Gasteiger partial charge in [-0.1, -0.05) is 29.8 Å². The van der Waals surface area contributed by atoms with E-state index in [0.29, 0.717) is 28.6 Å². The zero-order valence-electron chi connectivity index (χ0n) is 20.9. The number of hydrogen-bond acceptors (Lipinski definition) is 5. The van der Waals surface area contributed by atoms with Gasteiger partial charge in [0.25, 0.3) is 0 Å². The maximum Gasteiger partial charge on any atom is 0.242 e. The first-order valence-electron chi connectivity index (χ1n) is 11.4. The molecule has 0 aliphatic carbocycles. The van der Waals surface area contributed by atoms with Crippen molar-refractivity contribution in [3.63, 3.8) is 0 Å². The van der Waals surface area contributed by atoms with Crippen LogP contribution in [0.15, 0.2) is 42.5 Å². The van der Waals surface area contributed by atoms with Crippen LogP contribution in [0.5, 0.6) is 5.75 Å². The van der Waals surface area contributed by atoms with Crippen LogP contribution in [0.3, 0.4) is 0 Å². The number of likely N-dealkylation sites (N-methyl/N-ethyl adjacent to an activating group) is 1. The van der Waals surface area contributed by atoms with E-state index in [0.717, 1.165) is 11.8 Å². The number of hydrogen-bond donors (Lipinski definition) is 1. The normalized spacial score (nSPS) is 12.1. The van der Waals surface area contributed by atoms with Crippen molar-refractivity contribution < 1.29 is 22.7 Å². The number of sulfonamides is 1. The van der Waals surface area contributed by atoms with Crippen LogP contribution < -0.4 is 14.4 Å². The maximum atomic E-state index is 13.3. The molecule has 0 radical (unpaired) electrons. The highest BCUT2D eigenvalue weighted by Gasteiger charge is 2.27. The van der Waals surface area contributed by atoms with Crippen molar-refractivity contribution in [1.82, 2.24) is 10.2 Å². The summed E-state index contributed by atoms with van der Waals surface area (Å²) in [5.74, 6) is 0.153. The Labute approximate surface area is 213 Å².